The first-order valence-electron chi connectivity index (χ1n) is 3.26. The number of hydrogen-bond donors (Lipinski definition) is 0. The summed E-state index contributed by atoms with van der Waals surface area (Å²) in [5, 5.41) is 0. The minimum Gasteiger partial charge on any atom is -0.300 e. The van der Waals surface area contributed by atoms with E-state index in [1.54, 1.807) is 6.92 Å². The van der Waals surface area contributed by atoms with Crippen molar-refractivity contribution in [2.24, 2.45) is 0 Å². The SMILES string of the molecule is [3H]CCCCC(C)=O. The molecule has 0 aromatic rings. The molecule has 0 saturated heterocycles. The van der Waals surface area contributed by atoms with Crippen LogP contribution >= 0.6 is 0 Å². The number of unbranched alkanes of at least 4 members (excludes halogenated alkanes) is 1. The summed E-state index contributed by atoms with van der Waals surface area (Å²) in [6.07, 6.45) is 2.40. The molecule has 0 aromatic carbocycles. The second-order valence-corrected chi connectivity index (χ2v) is 1.66. The van der Waals surface area contributed by atoms with Gasteiger partial charge in [0.15, 0.2) is 0 Å². The van der Waals surface area contributed by atoms with Crippen molar-refractivity contribution in [3.05, 3.63) is 0 Å². The van der Waals surface area contributed by atoms with E-state index in [2.05, 4.69) is 0 Å². The zero-order valence-electron chi connectivity index (χ0n) is 5.74. The lowest BCUT2D eigenvalue weighted by Gasteiger charge is -1.86. The van der Waals surface area contributed by atoms with E-state index in [0.717, 1.165) is 12.8 Å². The Hall–Kier alpha value is -0.330. The maximum absolute atomic E-state index is 10.3. The molecule has 0 heterocycles. The van der Waals surface area contributed by atoms with Crippen molar-refractivity contribution in [2.45, 2.75) is 33.1 Å². The lowest BCUT2D eigenvalue weighted by molar-refractivity contribution is -0.117. The predicted molar refractivity (Wildman–Crippen MR) is 30.2 cm³/mol. The highest BCUT2D eigenvalue weighted by Crippen LogP contribution is 1.92. The zero-order valence-corrected chi connectivity index (χ0v) is 4.74. The minimum atomic E-state index is 0.235. The van der Waals surface area contributed by atoms with Gasteiger partial charge in [0, 0.05) is 7.79 Å². The molecule has 42 valence electrons. The van der Waals surface area contributed by atoms with Crippen LogP contribution in [0, 0.1) is 0 Å². The summed E-state index contributed by atoms with van der Waals surface area (Å²) < 4.78 is 6.74. The summed E-state index contributed by atoms with van der Waals surface area (Å²) in [6, 6.07) is 0. The van der Waals surface area contributed by atoms with Crippen molar-refractivity contribution in [3.63, 3.8) is 0 Å². The van der Waals surface area contributed by atoms with Crippen molar-refractivity contribution >= 4 is 5.78 Å². The van der Waals surface area contributed by atoms with E-state index >= 15 is 0 Å². The standard InChI is InChI=1S/C6H12O/c1-3-4-5-6(2)7/h3-5H2,1-2H3/i1T. The molecule has 0 N–H and O–H groups in total. The first-order chi connectivity index (χ1) is 3.77. The minimum absolute atomic E-state index is 0.235. The van der Waals surface area contributed by atoms with Crippen molar-refractivity contribution in [3.8, 4) is 0 Å². The van der Waals surface area contributed by atoms with Crippen LogP contribution in [0.4, 0.5) is 0 Å². The zero-order chi connectivity index (χ0) is 6.41. The quantitative estimate of drug-likeness (QED) is 0.496. The number of ketones is 1. The van der Waals surface area contributed by atoms with Gasteiger partial charge in [0.1, 0.15) is 5.78 Å². The molecule has 1 heteroatoms. The normalized spacial score (nSPS) is 10.7. The first-order valence-corrected chi connectivity index (χ1v) is 2.56. The van der Waals surface area contributed by atoms with E-state index in [0.29, 0.717) is 13.3 Å². The Labute approximate surface area is 46.1 Å². The van der Waals surface area contributed by atoms with Gasteiger partial charge in [0.2, 0.25) is 0 Å². The van der Waals surface area contributed by atoms with Gasteiger partial charge >= 0.3 is 0 Å². The Morgan fingerprint density at radius 2 is 2.57 bits per heavy atom. The average molecular weight is 102 g/mol. The van der Waals surface area contributed by atoms with Gasteiger partial charge < -0.3 is 4.79 Å². The van der Waals surface area contributed by atoms with Crippen molar-refractivity contribution < 1.29 is 6.17 Å². The molecule has 0 radical (unpaired) electrons. The van der Waals surface area contributed by atoms with Crippen LogP contribution in [0.15, 0.2) is 0 Å². The molecular formula is C6H12O. The Morgan fingerprint density at radius 1 is 1.86 bits per heavy atom. The van der Waals surface area contributed by atoms with Gasteiger partial charge in [-0.1, -0.05) is 13.3 Å². The van der Waals surface area contributed by atoms with Crippen LogP contribution < -0.4 is 0 Å². The van der Waals surface area contributed by atoms with Crippen LogP contribution in [-0.2, 0) is 4.79 Å². The fraction of sp³-hybridized carbons (Fsp3) is 0.833. The number of Topliss-reactive ketones (excluding diaryl/α,β-unsaturated/α-hetero) is 1. The molecule has 0 atom stereocenters. The van der Waals surface area contributed by atoms with Gasteiger partial charge in [0.05, 0.1) is 0 Å². The molecule has 0 amide bonds. The predicted octanol–water partition coefficient (Wildman–Crippen LogP) is 1.77. The molecule has 0 saturated carbocycles. The van der Waals surface area contributed by atoms with E-state index in [9.17, 15) is 4.79 Å². The average Bonchev–Trinajstić information content (AvgIpc) is 1.66. The van der Waals surface area contributed by atoms with Gasteiger partial charge in [0.25, 0.3) is 0 Å². The highest BCUT2D eigenvalue weighted by molar-refractivity contribution is 5.75. The Balaban J connectivity index is 2.82. The Kier molecular flexibility index (Phi) is 2.65. The van der Waals surface area contributed by atoms with Crippen LogP contribution in [-0.4, -0.2) is 5.78 Å². The van der Waals surface area contributed by atoms with E-state index in [1.165, 1.54) is 0 Å². The summed E-state index contributed by atoms with van der Waals surface area (Å²) >= 11 is 0. The van der Waals surface area contributed by atoms with E-state index in [4.69, 9.17) is 1.37 Å². The van der Waals surface area contributed by atoms with Crippen LogP contribution in [0.25, 0.3) is 0 Å². The Morgan fingerprint density at radius 3 is 3.00 bits per heavy atom. The van der Waals surface area contributed by atoms with Crippen LogP contribution in [0.5, 0.6) is 0 Å². The van der Waals surface area contributed by atoms with E-state index in [-0.39, 0.29) is 5.78 Å². The highest BCUT2D eigenvalue weighted by atomic mass is 16.1. The van der Waals surface area contributed by atoms with E-state index in [1.807, 2.05) is 0 Å². The molecule has 0 aromatic heterocycles. The van der Waals surface area contributed by atoms with Gasteiger partial charge in [-0.25, -0.2) is 0 Å². The maximum Gasteiger partial charge on any atom is 0.129 e. The third-order valence-corrected chi connectivity index (χ3v) is 0.779. The van der Waals surface area contributed by atoms with Crippen molar-refractivity contribution in [1.29, 1.82) is 0 Å². The summed E-state index contributed by atoms with van der Waals surface area (Å²) in [5.41, 5.74) is 0. The molecule has 0 fully saturated rings. The second kappa shape index (κ2) is 3.85. The summed E-state index contributed by atoms with van der Waals surface area (Å²) in [4.78, 5) is 10.3. The van der Waals surface area contributed by atoms with Gasteiger partial charge in [-0.3, -0.25) is 0 Å². The van der Waals surface area contributed by atoms with E-state index < -0.39 is 0 Å². The molecule has 0 unspecified atom stereocenters. The molecule has 1 nitrogen and oxygen atoms in total. The van der Waals surface area contributed by atoms with Gasteiger partial charge in [-0.15, -0.1) is 0 Å². The molecule has 0 aliphatic carbocycles. The second-order valence-electron chi connectivity index (χ2n) is 1.66. The maximum atomic E-state index is 10.3. The third-order valence-electron chi connectivity index (χ3n) is 0.779. The van der Waals surface area contributed by atoms with Crippen LogP contribution in [0.1, 0.15) is 34.5 Å². The number of hydrogen-bond acceptors (Lipinski definition) is 1. The summed E-state index contributed by atoms with van der Waals surface area (Å²) in [7, 11) is 0. The first kappa shape index (κ1) is 4.82. The third kappa shape index (κ3) is 5.67. The van der Waals surface area contributed by atoms with Crippen molar-refractivity contribution in [2.75, 3.05) is 0 Å². The smallest absolute Gasteiger partial charge is 0.129 e. The molecule has 0 aliphatic heterocycles. The van der Waals surface area contributed by atoms with Gasteiger partial charge in [-0.2, -0.15) is 0 Å². The molecule has 0 aliphatic rings. The van der Waals surface area contributed by atoms with Crippen LogP contribution in [0.2, 0.25) is 0 Å². The topological polar surface area (TPSA) is 17.1 Å². The molecule has 0 spiro atoms. The molecule has 7 heavy (non-hydrogen) atoms. The number of carbonyl (C=O) groups is 1. The fourth-order valence-corrected chi connectivity index (χ4v) is 0.374. The summed E-state index contributed by atoms with van der Waals surface area (Å²) in [5.74, 6) is 0.235. The molecular weight excluding hydrogens is 88.1 g/mol. The fourth-order valence-electron chi connectivity index (χ4n) is 0.374. The number of carbonyl (C=O) groups excluding carboxylic acids is 1. The van der Waals surface area contributed by atoms with Crippen molar-refractivity contribution in [1.82, 2.24) is 0 Å². The largest absolute Gasteiger partial charge is 0.300 e. The Bertz CT molecular complexity index is 70.9. The monoisotopic (exact) mass is 102 g/mol. The lowest BCUT2D eigenvalue weighted by atomic mass is 10.2. The lowest BCUT2D eigenvalue weighted by Crippen LogP contribution is -1.86. The van der Waals surface area contributed by atoms with Crippen LogP contribution in [0.3, 0.4) is 0 Å². The summed E-state index contributed by atoms with van der Waals surface area (Å²) in [6.45, 7) is 2.04. The highest BCUT2D eigenvalue weighted by Gasteiger charge is 1.87. The number of rotatable bonds is 3. The molecule has 0 bridgehead atoms. The molecule has 0 rings (SSSR count). The van der Waals surface area contributed by atoms with Gasteiger partial charge in [-0.05, 0) is 13.3 Å².